The Labute approximate surface area is 210 Å². The van der Waals surface area contributed by atoms with Crippen LogP contribution < -0.4 is 16.4 Å². The average Bonchev–Trinajstić information content (AvgIpc) is 2.80. The van der Waals surface area contributed by atoms with Crippen molar-refractivity contribution in [2.24, 2.45) is 16.6 Å². The van der Waals surface area contributed by atoms with E-state index in [1.165, 1.54) is 43.5 Å². The van der Waals surface area contributed by atoms with Gasteiger partial charge in [-0.2, -0.15) is 0 Å². The number of primary amides is 1. The highest BCUT2D eigenvalue weighted by molar-refractivity contribution is 14.0. The zero-order valence-corrected chi connectivity index (χ0v) is 21.9. The standard InChI is InChI=1S/C24H40N6O.HI/c1-26-24(27-12-6-16-30-15-5-7-22(19-30)23(25)31)28-17-20-8-10-21(11-9-20)18-29-13-3-2-4-14-29;/h8-11,22H,2-7,12-19H2,1H3,(H2,25,31)(H2,26,27,28);1H. The van der Waals surface area contributed by atoms with Gasteiger partial charge in [0.2, 0.25) is 5.91 Å². The van der Waals surface area contributed by atoms with Crippen molar-refractivity contribution in [3.63, 3.8) is 0 Å². The van der Waals surface area contributed by atoms with Crippen molar-refractivity contribution in [3.05, 3.63) is 35.4 Å². The Hall–Kier alpha value is -1.39. The lowest BCUT2D eigenvalue weighted by atomic mass is 9.97. The van der Waals surface area contributed by atoms with Gasteiger partial charge in [0, 0.05) is 33.2 Å². The van der Waals surface area contributed by atoms with Gasteiger partial charge in [-0.25, -0.2) is 0 Å². The van der Waals surface area contributed by atoms with Gasteiger partial charge in [-0.3, -0.25) is 14.7 Å². The minimum atomic E-state index is -0.160. The molecule has 2 heterocycles. The predicted octanol–water partition coefficient (Wildman–Crippen LogP) is 2.54. The number of rotatable bonds is 9. The number of benzene rings is 1. The van der Waals surface area contributed by atoms with E-state index in [1.807, 2.05) is 0 Å². The van der Waals surface area contributed by atoms with Crippen molar-refractivity contribution in [2.45, 2.75) is 51.6 Å². The molecule has 0 bridgehead atoms. The van der Waals surface area contributed by atoms with Crippen LogP contribution in [0.15, 0.2) is 29.3 Å². The van der Waals surface area contributed by atoms with Crippen molar-refractivity contribution in [1.82, 2.24) is 20.4 Å². The molecule has 1 atom stereocenters. The molecule has 7 nitrogen and oxygen atoms in total. The first-order valence-corrected chi connectivity index (χ1v) is 11.9. The lowest BCUT2D eigenvalue weighted by Crippen LogP contribution is -2.42. The lowest BCUT2D eigenvalue weighted by Gasteiger charge is -2.31. The zero-order chi connectivity index (χ0) is 21.9. The largest absolute Gasteiger partial charge is 0.369 e. The van der Waals surface area contributed by atoms with E-state index < -0.39 is 0 Å². The molecule has 8 heteroatoms. The number of nitrogens with two attached hydrogens (primary N) is 1. The third-order valence-electron chi connectivity index (χ3n) is 6.41. The van der Waals surface area contributed by atoms with Crippen molar-refractivity contribution in [3.8, 4) is 0 Å². The molecule has 2 fully saturated rings. The van der Waals surface area contributed by atoms with Gasteiger partial charge in [-0.05, 0) is 69.4 Å². The zero-order valence-electron chi connectivity index (χ0n) is 19.5. The number of nitrogens with zero attached hydrogens (tertiary/aromatic N) is 3. The maximum atomic E-state index is 11.4. The highest BCUT2D eigenvalue weighted by Crippen LogP contribution is 2.16. The molecule has 32 heavy (non-hydrogen) atoms. The Balaban J connectivity index is 0.00000363. The fourth-order valence-corrected chi connectivity index (χ4v) is 4.54. The third-order valence-corrected chi connectivity index (χ3v) is 6.41. The van der Waals surface area contributed by atoms with Crippen molar-refractivity contribution < 1.29 is 4.79 Å². The van der Waals surface area contributed by atoms with E-state index in [2.05, 4.69) is 49.7 Å². The minimum Gasteiger partial charge on any atom is -0.369 e. The topological polar surface area (TPSA) is 86.0 Å². The molecule has 0 aromatic heterocycles. The second-order valence-corrected chi connectivity index (χ2v) is 8.90. The molecule has 4 N–H and O–H groups in total. The monoisotopic (exact) mass is 556 g/mol. The normalized spacial score (nSPS) is 20.4. The number of likely N-dealkylation sites (tertiary alicyclic amines) is 2. The smallest absolute Gasteiger partial charge is 0.221 e. The predicted molar refractivity (Wildman–Crippen MR) is 142 cm³/mol. The van der Waals surface area contributed by atoms with E-state index >= 15 is 0 Å². The van der Waals surface area contributed by atoms with Gasteiger partial charge in [0.1, 0.15) is 0 Å². The number of piperidine rings is 2. The van der Waals surface area contributed by atoms with Crippen LogP contribution in [0.5, 0.6) is 0 Å². The highest BCUT2D eigenvalue weighted by Gasteiger charge is 2.23. The van der Waals surface area contributed by atoms with Crippen LogP contribution in [0.1, 0.15) is 49.7 Å². The number of carbonyl (C=O) groups is 1. The summed E-state index contributed by atoms with van der Waals surface area (Å²) in [7, 11) is 1.80. The number of nitrogens with one attached hydrogen (secondary N) is 2. The minimum absolute atomic E-state index is 0. The SMILES string of the molecule is CN=C(NCCCN1CCCC(C(N)=O)C1)NCc1ccc(CN2CCCCC2)cc1.I. The van der Waals surface area contributed by atoms with Gasteiger partial charge < -0.3 is 21.3 Å². The van der Waals surface area contributed by atoms with Gasteiger partial charge in [0.05, 0.1) is 5.92 Å². The van der Waals surface area contributed by atoms with E-state index in [-0.39, 0.29) is 35.8 Å². The molecule has 3 rings (SSSR count). The fourth-order valence-electron chi connectivity index (χ4n) is 4.54. The molecule has 2 aliphatic rings. The number of carbonyl (C=O) groups excluding carboxylic acids is 1. The molecular weight excluding hydrogens is 515 g/mol. The summed E-state index contributed by atoms with van der Waals surface area (Å²) < 4.78 is 0. The van der Waals surface area contributed by atoms with Gasteiger partial charge in [-0.1, -0.05) is 30.7 Å². The van der Waals surface area contributed by atoms with E-state index in [0.29, 0.717) is 0 Å². The number of guanidine groups is 1. The van der Waals surface area contributed by atoms with Crippen LogP contribution in [0.3, 0.4) is 0 Å². The Morgan fingerprint density at radius 1 is 1.03 bits per heavy atom. The van der Waals surface area contributed by atoms with Crippen LogP contribution >= 0.6 is 24.0 Å². The summed E-state index contributed by atoms with van der Waals surface area (Å²) in [6, 6.07) is 8.93. The Morgan fingerprint density at radius 2 is 1.72 bits per heavy atom. The van der Waals surface area contributed by atoms with Gasteiger partial charge in [0.15, 0.2) is 5.96 Å². The summed E-state index contributed by atoms with van der Waals surface area (Å²) in [6.07, 6.45) is 7.04. The van der Waals surface area contributed by atoms with Gasteiger partial charge in [0.25, 0.3) is 0 Å². The maximum Gasteiger partial charge on any atom is 0.221 e. The number of halogens is 1. The summed E-state index contributed by atoms with van der Waals surface area (Å²) in [5.41, 5.74) is 8.12. The average molecular weight is 557 g/mol. The molecule has 180 valence electrons. The molecule has 1 aromatic rings. The number of hydrogen-bond acceptors (Lipinski definition) is 4. The molecule has 0 aliphatic carbocycles. The Bertz CT molecular complexity index is 705. The molecule has 0 saturated carbocycles. The van der Waals surface area contributed by atoms with Crippen LogP contribution in [0.2, 0.25) is 0 Å². The number of hydrogen-bond donors (Lipinski definition) is 3. The molecule has 2 saturated heterocycles. The molecule has 0 spiro atoms. The molecule has 1 unspecified atom stereocenters. The van der Waals surface area contributed by atoms with E-state index in [0.717, 1.165) is 64.5 Å². The van der Waals surface area contributed by atoms with E-state index in [1.54, 1.807) is 7.05 Å². The van der Waals surface area contributed by atoms with Crippen molar-refractivity contribution >= 4 is 35.8 Å². The molecular formula is C24H41IN6O. The molecule has 1 amide bonds. The van der Waals surface area contributed by atoms with Crippen LogP contribution in [0.4, 0.5) is 0 Å². The van der Waals surface area contributed by atoms with Crippen LogP contribution in [0.25, 0.3) is 0 Å². The molecule has 0 radical (unpaired) electrons. The summed E-state index contributed by atoms with van der Waals surface area (Å²) in [6.45, 7) is 7.98. The van der Waals surface area contributed by atoms with Gasteiger partial charge >= 0.3 is 0 Å². The first-order valence-electron chi connectivity index (χ1n) is 11.9. The van der Waals surface area contributed by atoms with Crippen LogP contribution in [-0.4, -0.2) is 68.0 Å². The first-order chi connectivity index (χ1) is 15.1. The third kappa shape index (κ3) is 9.23. The van der Waals surface area contributed by atoms with E-state index in [9.17, 15) is 4.79 Å². The Morgan fingerprint density at radius 3 is 2.41 bits per heavy atom. The molecule has 1 aromatic carbocycles. The van der Waals surface area contributed by atoms with Gasteiger partial charge in [-0.15, -0.1) is 24.0 Å². The van der Waals surface area contributed by atoms with Crippen molar-refractivity contribution in [1.29, 1.82) is 0 Å². The summed E-state index contributed by atoms with van der Waals surface area (Å²) in [5, 5.41) is 6.79. The number of amides is 1. The summed E-state index contributed by atoms with van der Waals surface area (Å²) >= 11 is 0. The van der Waals surface area contributed by atoms with E-state index in [4.69, 9.17) is 5.73 Å². The maximum absolute atomic E-state index is 11.4. The quantitative estimate of drug-likeness (QED) is 0.189. The second kappa shape index (κ2) is 14.7. The summed E-state index contributed by atoms with van der Waals surface area (Å²) in [4.78, 5) is 20.6. The molecule has 2 aliphatic heterocycles. The van der Waals surface area contributed by atoms with Crippen LogP contribution in [-0.2, 0) is 17.9 Å². The van der Waals surface area contributed by atoms with Crippen molar-refractivity contribution in [2.75, 3.05) is 46.3 Å². The Kier molecular flexibility index (Phi) is 12.3. The van der Waals surface area contributed by atoms with Crippen LogP contribution in [0, 0.1) is 5.92 Å². The second-order valence-electron chi connectivity index (χ2n) is 8.90. The highest BCUT2D eigenvalue weighted by atomic mass is 127. The number of aliphatic imine (C=N–C) groups is 1. The summed E-state index contributed by atoms with van der Waals surface area (Å²) in [5.74, 6) is 0.681. The lowest BCUT2D eigenvalue weighted by molar-refractivity contribution is -0.123. The first kappa shape index (κ1) is 26.9. The fraction of sp³-hybridized carbons (Fsp3) is 0.667.